The maximum absolute atomic E-state index is 5.87. The minimum atomic E-state index is 0.845. The number of halogens is 2. The molecule has 106 valence electrons. The molecule has 0 bridgehead atoms. The van der Waals surface area contributed by atoms with Crippen molar-refractivity contribution in [2.75, 3.05) is 6.54 Å². The van der Waals surface area contributed by atoms with Crippen LogP contribution < -0.4 is 10.1 Å². The van der Waals surface area contributed by atoms with Crippen molar-refractivity contribution >= 4 is 38.5 Å². The van der Waals surface area contributed by atoms with Crippen molar-refractivity contribution in [3.8, 4) is 11.5 Å². The quantitative estimate of drug-likeness (QED) is 0.478. The molecule has 0 saturated carbocycles. The summed E-state index contributed by atoms with van der Waals surface area (Å²) in [6, 6.07) is 14.1. The molecular formula is C16H17BrINO. The molecule has 0 fully saturated rings. The third-order valence-electron chi connectivity index (χ3n) is 2.80. The Morgan fingerprint density at radius 1 is 1.15 bits per heavy atom. The lowest BCUT2D eigenvalue weighted by molar-refractivity contribution is 0.481. The Labute approximate surface area is 142 Å². The van der Waals surface area contributed by atoms with Gasteiger partial charge < -0.3 is 10.1 Å². The minimum absolute atomic E-state index is 0.845. The molecule has 0 unspecified atom stereocenters. The van der Waals surface area contributed by atoms with Crippen molar-refractivity contribution in [1.29, 1.82) is 0 Å². The molecule has 0 amide bonds. The van der Waals surface area contributed by atoms with E-state index in [1.54, 1.807) is 0 Å². The second-order valence-corrected chi connectivity index (χ2v) is 6.59. The van der Waals surface area contributed by atoms with Crippen LogP contribution in [0, 0.1) is 3.57 Å². The number of hydrogen-bond donors (Lipinski definition) is 1. The smallest absolute Gasteiger partial charge is 0.128 e. The van der Waals surface area contributed by atoms with Crippen LogP contribution in [0.1, 0.15) is 18.9 Å². The molecule has 4 heteroatoms. The van der Waals surface area contributed by atoms with E-state index in [9.17, 15) is 0 Å². The maximum atomic E-state index is 5.87. The van der Waals surface area contributed by atoms with Gasteiger partial charge in [0.2, 0.25) is 0 Å². The minimum Gasteiger partial charge on any atom is -0.457 e. The van der Waals surface area contributed by atoms with E-state index in [1.165, 1.54) is 9.13 Å². The molecule has 0 atom stereocenters. The summed E-state index contributed by atoms with van der Waals surface area (Å²) in [7, 11) is 0. The Bertz CT molecular complexity index is 574. The molecule has 0 aliphatic carbocycles. The first-order valence-electron chi connectivity index (χ1n) is 6.61. The molecule has 0 aromatic heterocycles. The maximum Gasteiger partial charge on any atom is 0.128 e. The molecule has 2 nitrogen and oxygen atoms in total. The third-order valence-corrected chi connectivity index (χ3v) is 4.21. The van der Waals surface area contributed by atoms with Gasteiger partial charge in [0, 0.05) is 14.6 Å². The van der Waals surface area contributed by atoms with E-state index in [0.29, 0.717) is 0 Å². The van der Waals surface area contributed by atoms with Crippen LogP contribution in [0.2, 0.25) is 0 Å². The Balaban J connectivity index is 2.05. The van der Waals surface area contributed by atoms with Crippen LogP contribution in [0.15, 0.2) is 46.9 Å². The van der Waals surface area contributed by atoms with Gasteiger partial charge in [-0.25, -0.2) is 0 Å². The van der Waals surface area contributed by atoms with E-state index in [0.717, 1.165) is 35.5 Å². The molecule has 20 heavy (non-hydrogen) atoms. The highest BCUT2D eigenvalue weighted by molar-refractivity contribution is 14.1. The SMILES string of the molecule is CCCNCc1ccc(Oc2cccc(I)c2)cc1Br. The van der Waals surface area contributed by atoms with Gasteiger partial charge in [-0.1, -0.05) is 35.0 Å². The summed E-state index contributed by atoms with van der Waals surface area (Å²) < 4.78 is 8.11. The molecule has 2 aromatic carbocycles. The molecule has 0 spiro atoms. The Kier molecular flexibility index (Phi) is 6.32. The van der Waals surface area contributed by atoms with Gasteiger partial charge in [0.25, 0.3) is 0 Å². The van der Waals surface area contributed by atoms with Gasteiger partial charge in [-0.3, -0.25) is 0 Å². The second-order valence-electron chi connectivity index (χ2n) is 4.49. The van der Waals surface area contributed by atoms with Crippen LogP contribution in [0.5, 0.6) is 11.5 Å². The van der Waals surface area contributed by atoms with Gasteiger partial charge in [0.1, 0.15) is 11.5 Å². The lowest BCUT2D eigenvalue weighted by Crippen LogP contribution is -2.14. The molecular weight excluding hydrogens is 429 g/mol. The van der Waals surface area contributed by atoms with E-state index in [-0.39, 0.29) is 0 Å². The first kappa shape index (κ1) is 15.8. The summed E-state index contributed by atoms with van der Waals surface area (Å²) in [4.78, 5) is 0. The van der Waals surface area contributed by atoms with Crippen molar-refractivity contribution in [2.24, 2.45) is 0 Å². The number of benzene rings is 2. The molecule has 0 radical (unpaired) electrons. The van der Waals surface area contributed by atoms with Crippen molar-refractivity contribution in [2.45, 2.75) is 19.9 Å². The van der Waals surface area contributed by atoms with Gasteiger partial charge in [0.05, 0.1) is 0 Å². The monoisotopic (exact) mass is 445 g/mol. The average Bonchev–Trinajstić information content (AvgIpc) is 2.41. The van der Waals surface area contributed by atoms with E-state index in [4.69, 9.17) is 4.74 Å². The lowest BCUT2D eigenvalue weighted by atomic mass is 10.2. The third kappa shape index (κ3) is 4.75. The standard InChI is InChI=1S/C16H17BrINO/c1-2-8-19-11-12-6-7-15(10-16(12)17)20-14-5-3-4-13(18)9-14/h3-7,9-10,19H,2,8,11H2,1H3. The van der Waals surface area contributed by atoms with Gasteiger partial charge in [-0.05, 0) is 71.5 Å². The normalized spacial score (nSPS) is 10.6. The highest BCUT2D eigenvalue weighted by Crippen LogP contribution is 2.27. The van der Waals surface area contributed by atoms with Gasteiger partial charge >= 0.3 is 0 Å². The summed E-state index contributed by atoms with van der Waals surface area (Å²) in [5.74, 6) is 1.71. The van der Waals surface area contributed by atoms with E-state index in [2.05, 4.69) is 56.8 Å². The molecule has 0 aliphatic heterocycles. The van der Waals surface area contributed by atoms with Crippen molar-refractivity contribution in [1.82, 2.24) is 5.32 Å². The number of hydrogen-bond acceptors (Lipinski definition) is 2. The predicted octanol–water partition coefficient (Wildman–Crippen LogP) is 5.35. The predicted molar refractivity (Wildman–Crippen MR) is 95.4 cm³/mol. The van der Waals surface area contributed by atoms with Crippen LogP contribution in [-0.4, -0.2) is 6.54 Å². The summed E-state index contributed by atoms with van der Waals surface area (Å²) in [5.41, 5.74) is 1.24. The van der Waals surface area contributed by atoms with Crippen LogP contribution in [0.3, 0.4) is 0 Å². The van der Waals surface area contributed by atoms with Gasteiger partial charge in [-0.15, -0.1) is 0 Å². The first-order chi connectivity index (χ1) is 9.69. The van der Waals surface area contributed by atoms with Crippen LogP contribution in [0.4, 0.5) is 0 Å². The topological polar surface area (TPSA) is 21.3 Å². The zero-order chi connectivity index (χ0) is 14.4. The molecule has 2 rings (SSSR count). The van der Waals surface area contributed by atoms with Crippen molar-refractivity contribution in [3.05, 3.63) is 56.1 Å². The zero-order valence-corrected chi connectivity index (χ0v) is 15.1. The summed E-state index contributed by atoms with van der Waals surface area (Å²) >= 11 is 5.89. The Hall–Kier alpha value is -0.590. The summed E-state index contributed by atoms with van der Waals surface area (Å²) in [6.45, 7) is 4.07. The molecule has 0 aliphatic rings. The van der Waals surface area contributed by atoms with E-state index in [1.807, 2.05) is 36.4 Å². The number of ether oxygens (including phenoxy) is 1. The fourth-order valence-electron chi connectivity index (χ4n) is 1.80. The van der Waals surface area contributed by atoms with Crippen LogP contribution >= 0.6 is 38.5 Å². The number of nitrogens with one attached hydrogen (secondary N) is 1. The average molecular weight is 446 g/mol. The highest BCUT2D eigenvalue weighted by atomic mass is 127. The second kappa shape index (κ2) is 8.00. The van der Waals surface area contributed by atoms with Crippen molar-refractivity contribution in [3.63, 3.8) is 0 Å². The van der Waals surface area contributed by atoms with Gasteiger partial charge in [0.15, 0.2) is 0 Å². The summed E-state index contributed by atoms with van der Waals surface area (Å²) in [6.07, 6.45) is 1.14. The van der Waals surface area contributed by atoms with E-state index >= 15 is 0 Å². The molecule has 1 N–H and O–H groups in total. The highest BCUT2D eigenvalue weighted by Gasteiger charge is 2.03. The largest absolute Gasteiger partial charge is 0.457 e. The number of rotatable bonds is 6. The van der Waals surface area contributed by atoms with Crippen molar-refractivity contribution < 1.29 is 4.74 Å². The Morgan fingerprint density at radius 2 is 1.95 bits per heavy atom. The fraction of sp³-hybridized carbons (Fsp3) is 0.250. The molecule has 0 saturated heterocycles. The summed E-state index contributed by atoms with van der Waals surface area (Å²) in [5, 5.41) is 3.40. The first-order valence-corrected chi connectivity index (χ1v) is 8.49. The molecule has 0 heterocycles. The Morgan fingerprint density at radius 3 is 2.65 bits per heavy atom. The van der Waals surface area contributed by atoms with E-state index < -0.39 is 0 Å². The van der Waals surface area contributed by atoms with Gasteiger partial charge in [-0.2, -0.15) is 0 Å². The fourth-order valence-corrected chi connectivity index (χ4v) is 2.81. The lowest BCUT2D eigenvalue weighted by Gasteiger charge is -2.10. The van der Waals surface area contributed by atoms with Crippen LogP contribution in [0.25, 0.3) is 0 Å². The molecule has 2 aromatic rings. The van der Waals surface area contributed by atoms with Crippen LogP contribution in [-0.2, 0) is 6.54 Å². The zero-order valence-electron chi connectivity index (χ0n) is 11.3.